The van der Waals surface area contributed by atoms with Crippen LogP contribution in [0, 0.1) is 0 Å². The Kier molecular flexibility index (Phi) is 22.8. The van der Waals surface area contributed by atoms with Crippen molar-refractivity contribution in [2.45, 2.75) is 141 Å². The summed E-state index contributed by atoms with van der Waals surface area (Å²) in [4.78, 5) is 69.8. The predicted octanol–water partition coefficient (Wildman–Crippen LogP) is 4.51. The molecular weight excluding hydrogens is 620 g/mol. The number of hydrogen-bond donors (Lipinski definition) is 7. The molecule has 0 heterocycles. The van der Waals surface area contributed by atoms with Gasteiger partial charge in [-0.3, -0.25) is 24.0 Å². The van der Waals surface area contributed by atoms with Gasteiger partial charge in [0.1, 0.15) is 12.1 Å². The zero-order valence-corrected chi connectivity index (χ0v) is 28.2. The van der Waals surface area contributed by atoms with Crippen LogP contribution >= 0.6 is 0 Å². The standard InChI is InChI=1S/C35H56N4O9/c36-28(34(45)46)15-13-14-24-37-31(41)23-22-29(35(47)48)39-33(44)27-20-18-26(19-21-27)25-38-30(40)16-11-9-7-5-3-1-2-4-6-8-10-12-17-32(42)43/h18-21,28-29H,1-17,22-25,36H2,(H,37,41)(H,38,40)(H,39,44)(H,42,43)(H,45,46)(H,47,48)/t28-,29+/m0/s1. The van der Waals surface area contributed by atoms with Crippen LogP contribution in [-0.4, -0.2) is 69.6 Å². The third-order valence-electron chi connectivity index (χ3n) is 8.10. The molecule has 13 nitrogen and oxygen atoms in total. The van der Waals surface area contributed by atoms with Gasteiger partial charge in [-0.2, -0.15) is 0 Å². The fourth-order valence-electron chi connectivity index (χ4n) is 5.10. The number of aliphatic carboxylic acids is 3. The zero-order chi connectivity index (χ0) is 35.6. The Morgan fingerprint density at radius 3 is 1.62 bits per heavy atom. The highest BCUT2D eigenvalue weighted by atomic mass is 16.4. The highest BCUT2D eigenvalue weighted by Gasteiger charge is 2.22. The molecule has 8 N–H and O–H groups in total. The second kappa shape index (κ2) is 26.0. The molecule has 13 heteroatoms. The minimum absolute atomic E-state index is 0.0316. The number of amides is 3. The summed E-state index contributed by atoms with van der Waals surface area (Å²) in [6.07, 6.45) is 14.9. The predicted molar refractivity (Wildman–Crippen MR) is 181 cm³/mol. The van der Waals surface area contributed by atoms with E-state index in [1.807, 2.05) is 0 Å². The van der Waals surface area contributed by atoms with Crippen LogP contribution in [0.25, 0.3) is 0 Å². The van der Waals surface area contributed by atoms with E-state index in [-0.39, 0.29) is 36.6 Å². The molecule has 48 heavy (non-hydrogen) atoms. The maximum absolute atomic E-state index is 12.6. The van der Waals surface area contributed by atoms with Crippen molar-refractivity contribution in [3.8, 4) is 0 Å². The monoisotopic (exact) mass is 676 g/mol. The molecule has 1 aromatic rings. The van der Waals surface area contributed by atoms with E-state index in [1.54, 1.807) is 24.3 Å². The third kappa shape index (κ3) is 21.7. The number of carbonyl (C=O) groups is 6. The number of carbonyl (C=O) groups excluding carboxylic acids is 3. The Labute approximate surface area is 283 Å². The number of rotatable bonds is 29. The number of carboxylic acids is 3. The van der Waals surface area contributed by atoms with Gasteiger partial charge in [-0.1, -0.05) is 76.3 Å². The molecule has 1 rings (SSSR count). The number of nitrogens with one attached hydrogen (secondary N) is 3. The van der Waals surface area contributed by atoms with Crippen molar-refractivity contribution in [3.05, 3.63) is 35.4 Å². The van der Waals surface area contributed by atoms with Gasteiger partial charge in [-0.05, 0) is 56.2 Å². The SMILES string of the molecule is N[C@@H](CCCCNC(=O)CC[C@@H](NC(=O)c1ccc(CNC(=O)CCCCCCCCCCCCCCC(=O)O)cc1)C(=O)O)C(=O)O. The van der Waals surface area contributed by atoms with Crippen molar-refractivity contribution < 1.29 is 44.1 Å². The van der Waals surface area contributed by atoms with E-state index >= 15 is 0 Å². The Morgan fingerprint density at radius 1 is 0.583 bits per heavy atom. The van der Waals surface area contributed by atoms with E-state index in [0.717, 1.165) is 50.5 Å². The lowest BCUT2D eigenvalue weighted by Gasteiger charge is -2.15. The molecule has 0 aliphatic carbocycles. The summed E-state index contributed by atoms with van der Waals surface area (Å²) in [6, 6.07) is 4.31. The van der Waals surface area contributed by atoms with Crippen molar-refractivity contribution in [2.24, 2.45) is 5.73 Å². The minimum atomic E-state index is -1.26. The maximum atomic E-state index is 12.6. The van der Waals surface area contributed by atoms with Crippen LogP contribution in [0.3, 0.4) is 0 Å². The van der Waals surface area contributed by atoms with Crippen LogP contribution in [0.1, 0.15) is 138 Å². The number of nitrogens with two attached hydrogens (primary N) is 1. The highest BCUT2D eigenvalue weighted by molar-refractivity contribution is 5.96. The van der Waals surface area contributed by atoms with Crippen molar-refractivity contribution in [1.82, 2.24) is 16.0 Å². The molecule has 0 spiro atoms. The summed E-state index contributed by atoms with van der Waals surface area (Å²) in [7, 11) is 0. The second-order valence-electron chi connectivity index (χ2n) is 12.3. The van der Waals surface area contributed by atoms with E-state index < -0.39 is 35.9 Å². The fourth-order valence-corrected chi connectivity index (χ4v) is 5.10. The quantitative estimate of drug-likeness (QED) is 0.0588. The molecule has 0 saturated heterocycles. The second-order valence-corrected chi connectivity index (χ2v) is 12.3. The molecule has 0 bridgehead atoms. The first-order chi connectivity index (χ1) is 23.0. The van der Waals surface area contributed by atoms with Crippen molar-refractivity contribution in [2.75, 3.05) is 6.54 Å². The van der Waals surface area contributed by atoms with Gasteiger partial charge in [-0.15, -0.1) is 0 Å². The Hall–Kier alpha value is -4.00. The average Bonchev–Trinajstić information content (AvgIpc) is 3.05. The van der Waals surface area contributed by atoms with Gasteiger partial charge >= 0.3 is 17.9 Å². The van der Waals surface area contributed by atoms with Gasteiger partial charge < -0.3 is 37.0 Å². The first kappa shape index (κ1) is 42.0. The normalized spacial score (nSPS) is 12.1. The van der Waals surface area contributed by atoms with Crippen LogP contribution < -0.4 is 21.7 Å². The van der Waals surface area contributed by atoms with E-state index in [4.69, 9.17) is 15.9 Å². The highest BCUT2D eigenvalue weighted by Crippen LogP contribution is 2.13. The molecule has 1 aromatic carbocycles. The molecule has 0 aliphatic heterocycles. The molecule has 270 valence electrons. The van der Waals surface area contributed by atoms with Crippen molar-refractivity contribution in [1.29, 1.82) is 0 Å². The van der Waals surface area contributed by atoms with Crippen LogP contribution in [0.15, 0.2) is 24.3 Å². The number of unbranched alkanes of at least 4 members (excludes halogenated alkanes) is 12. The summed E-state index contributed by atoms with van der Waals surface area (Å²) < 4.78 is 0. The van der Waals surface area contributed by atoms with Gasteiger partial charge in [0.2, 0.25) is 11.8 Å². The summed E-state index contributed by atoms with van der Waals surface area (Å²) >= 11 is 0. The Morgan fingerprint density at radius 2 is 1.10 bits per heavy atom. The van der Waals surface area contributed by atoms with Gasteiger partial charge in [-0.25, -0.2) is 4.79 Å². The maximum Gasteiger partial charge on any atom is 0.326 e. The molecule has 2 atom stereocenters. The molecule has 0 radical (unpaired) electrons. The van der Waals surface area contributed by atoms with Gasteiger partial charge in [0.15, 0.2) is 0 Å². The zero-order valence-electron chi connectivity index (χ0n) is 28.2. The topological polar surface area (TPSA) is 225 Å². The first-order valence-corrected chi connectivity index (χ1v) is 17.4. The molecule has 3 amide bonds. The smallest absolute Gasteiger partial charge is 0.326 e. The molecule has 0 unspecified atom stereocenters. The van der Waals surface area contributed by atoms with Crippen LogP contribution in [-0.2, 0) is 30.5 Å². The minimum Gasteiger partial charge on any atom is -0.481 e. The van der Waals surface area contributed by atoms with Crippen molar-refractivity contribution >= 4 is 35.6 Å². The molecule has 0 saturated carbocycles. The lowest BCUT2D eigenvalue weighted by Crippen LogP contribution is -2.41. The van der Waals surface area contributed by atoms with Crippen molar-refractivity contribution in [3.63, 3.8) is 0 Å². The molecule has 0 fully saturated rings. The van der Waals surface area contributed by atoms with Crippen LogP contribution in [0.2, 0.25) is 0 Å². The van der Waals surface area contributed by atoms with Crippen LogP contribution in [0.5, 0.6) is 0 Å². The molecule has 0 aromatic heterocycles. The summed E-state index contributed by atoms with van der Waals surface area (Å²) in [5.41, 5.74) is 6.49. The van der Waals surface area contributed by atoms with E-state index in [1.165, 1.54) is 32.1 Å². The molecule has 0 aliphatic rings. The van der Waals surface area contributed by atoms with Gasteiger partial charge in [0.25, 0.3) is 5.91 Å². The third-order valence-corrected chi connectivity index (χ3v) is 8.10. The van der Waals surface area contributed by atoms with E-state index in [0.29, 0.717) is 38.8 Å². The van der Waals surface area contributed by atoms with Gasteiger partial charge in [0.05, 0.1) is 0 Å². The Balaban J connectivity index is 2.18. The van der Waals surface area contributed by atoms with Crippen LogP contribution in [0.4, 0.5) is 0 Å². The molecular formula is C35H56N4O9. The summed E-state index contributed by atoms with van der Waals surface area (Å²) in [5, 5.41) is 34.9. The number of benzene rings is 1. The number of carboxylic acid groups (broad SMARTS) is 3. The lowest BCUT2D eigenvalue weighted by atomic mass is 10.0. The largest absolute Gasteiger partial charge is 0.481 e. The summed E-state index contributed by atoms with van der Waals surface area (Å²) in [6.45, 7) is 0.630. The van der Waals surface area contributed by atoms with E-state index in [9.17, 15) is 33.9 Å². The number of hydrogen-bond acceptors (Lipinski definition) is 7. The average molecular weight is 677 g/mol. The fraction of sp³-hybridized carbons (Fsp3) is 0.657. The lowest BCUT2D eigenvalue weighted by molar-refractivity contribution is -0.140. The first-order valence-electron chi connectivity index (χ1n) is 17.4. The summed E-state index contributed by atoms with van der Waals surface area (Å²) in [5.74, 6) is -4.03. The van der Waals surface area contributed by atoms with E-state index in [2.05, 4.69) is 16.0 Å². The Bertz CT molecular complexity index is 1130. The van der Waals surface area contributed by atoms with Gasteiger partial charge in [0, 0.05) is 37.9 Å².